The van der Waals surface area contributed by atoms with Gasteiger partial charge in [-0.1, -0.05) is 25.7 Å². The van der Waals surface area contributed by atoms with Crippen molar-refractivity contribution in [3.63, 3.8) is 0 Å². The van der Waals surface area contributed by atoms with Gasteiger partial charge >= 0.3 is 0 Å². The Morgan fingerprint density at radius 1 is 1.45 bits per heavy atom. The number of ether oxygens (including phenoxy) is 1. The standard InChI is InChI=1S/C16H29N3O/c1-13-10-16(19(2)18-13)11-15(12-17-8-9-20-3)14-6-4-5-7-14/h10,14-15,17H,4-9,11-12H2,1-3H3. The number of aryl methyl sites for hydroxylation is 2. The first-order valence-corrected chi connectivity index (χ1v) is 7.90. The van der Waals surface area contributed by atoms with Gasteiger partial charge in [0.2, 0.25) is 0 Å². The summed E-state index contributed by atoms with van der Waals surface area (Å²) < 4.78 is 7.16. The summed E-state index contributed by atoms with van der Waals surface area (Å²) in [5, 5.41) is 8.03. The van der Waals surface area contributed by atoms with Gasteiger partial charge in [-0.25, -0.2) is 0 Å². The van der Waals surface area contributed by atoms with Gasteiger partial charge in [-0.05, 0) is 37.8 Å². The van der Waals surface area contributed by atoms with Crippen LogP contribution in [0, 0.1) is 18.8 Å². The molecule has 20 heavy (non-hydrogen) atoms. The monoisotopic (exact) mass is 279 g/mol. The van der Waals surface area contributed by atoms with E-state index in [0.29, 0.717) is 0 Å². The Morgan fingerprint density at radius 3 is 2.80 bits per heavy atom. The molecule has 0 saturated heterocycles. The Kier molecular flexibility index (Phi) is 6.05. The number of rotatable bonds is 8. The van der Waals surface area contributed by atoms with Gasteiger partial charge < -0.3 is 10.1 Å². The highest BCUT2D eigenvalue weighted by molar-refractivity contribution is 5.09. The topological polar surface area (TPSA) is 39.1 Å². The van der Waals surface area contributed by atoms with E-state index in [-0.39, 0.29) is 0 Å². The minimum Gasteiger partial charge on any atom is -0.383 e. The fourth-order valence-electron chi connectivity index (χ4n) is 3.42. The van der Waals surface area contributed by atoms with Crippen LogP contribution in [-0.4, -0.2) is 36.6 Å². The maximum absolute atomic E-state index is 5.11. The van der Waals surface area contributed by atoms with Crippen LogP contribution in [0.1, 0.15) is 37.1 Å². The second-order valence-corrected chi connectivity index (χ2v) is 6.11. The fourth-order valence-corrected chi connectivity index (χ4v) is 3.42. The highest BCUT2D eigenvalue weighted by Gasteiger charge is 2.25. The second kappa shape index (κ2) is 7.79. The molecule has 1 unspecified atom stereocenters. The lowest BCUT2D eigenvalue weighted by Crippen LogP contribution is -2.31. The van der Waals surface area contributed by atoms with E-state index in [1.807, 2.05) is 4.68 Å². The summed E-state index contributed by atoms with van der Waals surface area (Å²) in [4.78, 5) is 0. The number of aromatic nitrogens is 2. The zero-order valence-corrected chi connectivity index (χ0v) is 13.2. The molecule has 0 aromatic carbocycles. The molecule has 0 aliphatic heterocycles. The molecule has 1 aliphatic rings. The summed E-state index contributed by atoms with van der Waals surface area (Å²) in [7, 11) is 3.82. The van der Waals surface area contributed by atoms with Gasteiger partial charge in [0.05, 0.1) is 12.3 Å². The van der Waals surface area contributed by atoms with Crippen molar-refractivity contribution in [3.8, 4) is 0 Å². The van der Waals surface area contributed by atoms with Crippen LogP contribution in [0.15, 0.2) is 6.07 Å². The van der Waals surface area contributed by atoms with Crippen molar-refractivity contribution in [3.05, 3.63) is 17.5 Å². The molecule has 1 aliphatic carbocycles. The Hall–Kier alpha value is -0.870. The maximum Gasteiger partial charge on any atom is 0.0596 e. The van der Waals surface area contributed by atoms with Crippen LogP contribution in [0.3, 0.4) is 0 Å². The first-order valence-electron chi connectivity index (χ1n) is 7.90. The van der Waals surface area contributed by atoms with E-state index in [4.69, 9.17) is 4.74 Å². The van der Waals surface area contributed by atoms with Crippen molar-refractivity contribution >= 4 is 0 Å². The van der Waals surface area contributed by atoms with Crippen molar-refractivity contribution in [1.82, 2.24) is 15.1 Å². The van der Waals surface area contributed by atoms with Crippen LogP contribution in [0.2, 0.25) is 0 Å². The third-order valence-corrected chi connectivity index (χ3v) is 4.53. The van der Waals surface area contributed by atoms with E-state index in [1.54, 1.807) is 7.11 Å². The highest BCUT2D eigenvalue weighted by Crippen LogP contribution is 2.33. The molecule has 1 fully saturated rings. The molecule has 0 radical (unpaired) electrons. The zero-order valence-electron chi connectivity index (χ0n) is 13.2. The third kappa shape index (κ3) is 4.32. The van der Waals surface area contributed by atoms with Crippen LogP contribution in [-0.2, 0) is 18.2 Å². The average molecular weight is 279 g/mol. The molecule has 1 N–H and O–H groups in total. The van der Waals surface area contributed by atoms with Gasteiger partial charge in [0.1, 0.15) is 0 Å². The molecule has 1 aromatic rings. The molecular formula is C16H29N3O. The van der Waals surface area contributed by atoms with Crippen molar-refractivity contribution in [2.75, 3.05) is 26.8 Å². The molecule has 0 bridgehead atoms. The van der Waals surface area contributed by atoms with Crippen LogP contribution in [0.5, 0.6) is 0 Å². The third-order valence-electron chi connectivity index (χ3n) is 4.53. The molecule has 1 aromatic heterocycles. The Bertz CT molecular complexity index is 396. The van der Waals surface area contributed by atoms with E-state index >= 15 is 0 Å². The molecule has 1 atom stereocenters. The molecule has 1 saturated carbocycles. The molecule has 1 heterocycles. The number of hydrogen-bond donors (Lipinski definition) is 1. The normalized spacial score (nSPS) is 17.8. The number of nitrogens with zero attached hydrogens (tertiary/aromatic N) is 2. The Labute approximate surface area is 122 Å². The van der Waals surface area contributed by atoms with Crippen LogP contribution in [0.25, 0.3) is 0 Å². The maximum atomic E-state index is 5.11. The van der Waals surface area contributed by atoms with Gasteiger partial charge in [-0.15, -0.1) is 0 Å². The fraction of sp³-hybridized carbons (Fsp3) is 0.812. The van der Waals surface area contributed by atoms with Gasteiger partial charge in [0.25, 0.3) is 0 Å². The predicted octanol–water partition coefficient (Wildman–Crippen LogP) is 2.31. The van der Waals surface area contributed by atoms with E-state index in [1.165, 1.54) is 31.4 Å². The smallest absolute Gasteiger partial charge is 0.0596 e. The minimum atomic E-state index is 0.726. The lowest BCUT2D eigenvalue weighted by Gasteiger charge is -2.24. The van der Waals surface area contributed by atoms with E-state index in [0.717, 1.165) is 43.6 Å². The molecule has 0 spiro atoms. The second-order valence-electron chi connectivity index (χ2n) is 6.11. The first-order chi connectivity index (χ1) is 9.70. The molecule has 114 valence electrons. The van der Waals surface area contributed by atoms with Gasteiger partial charge in [0.15, 0.2) is 0 Å². The highest BCUT2D eigenvalue weighted by atomic mass is 16.5. The Morgan fingerprint density at radius 2 is 2.20 bits per heavy atom. The lowest BCUT2D eigenvalue weighted by molar-refractivity contribution is 0.195. The van der Waals surface area contributed by atoms with E-state index in [2.05, 4.69) is 30.5 Å². The van der Waals surface area contributed by atoms with Crippen molar-refractivity contribution in [1.29, 1.82) is 0 Å². The average Bonchev–Trinajstić information content (AvgIpc) is 3.03. The van der Waals surface area contributed by atoms with Crippen molar-refractivity contribution < 1.29 is 4.74 Å². The summed E-state index contributed by atoms with van der Waals surface area (Å²) in [5.74, 6) is 1.60. The summed E-state index contributed by atoms with van der Waals surface area (Å²) in [6, 6.07) is 2.23. The van der Waals surface area contributed by atoms with Crippen molar-refractivity contribution in [2.45, 2.75) is 39.0 Å². The SMILES string of the molecule is COCCNCC(Cc1cc(C)nn1C)C1CCCC1. The van der Waals surface area contributed by atoms with Gasteiger partial charge in [0, 0.05) is 26.4 Å². The van der Waals surface area contributed by atoms with Crippen LogP contribution < -0.4 is 5.32 Å². The molecular weight excluding hydrogens is 250 g/mol. The van der Waals surface area contributed by atoms with E-state index in [9.17, 15) is 0 Å². The largest absolute Gasteiger partial charge is 0.383 e. The Balaban J connectivity index is 1.92. The lowest BCUT2D eigenvalue weighted by atomic mass is 9.87. The summed E-state index contributed by atoms with van der Waals surface area (Å²) in [5.41, 5.74) is 2.49. The zero-order chi connectivity index (χ0) is 14.4. The van der Waals surface area contributed by atoms with Gasteiger partial charge in [-0.3, -0.25) is 4.68 Å². The van der Waals surface area contributed by atoms with Crippen LogP contribution >= 0.6 is 0 Å². The molecule has 0 amide bonds. The summed E-state index contributed by atoms with van der Waals surface area (Å²) >= 11 is 0. The first kappa shape index (κ1) is 15.5. The predicted molar refractivity (Wildman–Crippen MR) is 81.8 cm³/mol. The summed E-state index contributed by atoms with van der Waals surface area (Å²) in [6.07, 6.45) is 6.75. The quantitative estimate of drug-likeness (QED) is 0.742. The van der Waals surface area contributed by atoms with Crippen LogP contribution in [0.4, 0.5) is 0 Å². The molecule has 4 nitrogen and oxygen atoms in total. The number of methoxy groups -OCH3 is 1. The minimum absolute atomic E-state index is 0.726. The van der Waals surface area contributed by atoms with Crippen molar-refractivity contribution in [2.24, 2.45) is 18.9 Å². The molecule has 4 heteroatoms. The van der Waals surface area contributed by atoms with E-state index < -0.39 is 0 Å². The van der Waals surface area contributed by atoms with Gasteiger partial charge in [-0.2, -0.15) is 5.10 Å². The molecule has 2 rings (SSSR count). The number of nitrogens with one attached hydrogen (secondary N) is 1. The summed E-state index contributed by atoms with van der Waals surface area (Å²) in [6.45, 7) is 4.91. The number of hydrogen-bond acceptors (Lipinski definition) is 3.